The first-order valence-corrected chi connectivity index (χ1v) is 7.75. The zero-order chi connectivity index (χ0) is 15.2. The topological polar surface area (TPSA) is 29.1 Å². The minimum Gasteiger partial charge on any atom is -0.352 e. The van der Waals surface area contributed by atoms with E-state index in [2.05, 4.69) is 45.1 Å². The summed E-state index contributed by atoms with van der Waals surface area (Å²) in [6.07, 6.45) is 1.33. The van der Waals surface area contributed by atoms with Crippen molar-refractivity contribution in [3.63, 3.8) is 0 Å². The molecule has 0 saturated heterocycles. The largest absolute Gasteiger partial charge is 0.352 e. The normalized spacial score (nSPS) is 14.7. The van der Waals surface area contributed by atoms with Crippen molar-refractivity contribution in [1.82, 2.24) is 5.32 Å². The summed E-state index contributed by atoms with van der Waals surface area (Å²) in [4.78, 5) is 12.1. The van der Waals surface area contributed by atoms with Crippen LogP contribution in [0.2, 0.25) is 0 Å². The average Bonchev–Trinajstić information content (AvgIpc) is 2.37. The Morgan fingerprint density at radius 3 is 2.35 bits per heavy atom. The number of hydrogen-bond donors (Lipinski definition) is 1. The second-order valence-electron chi connectivity index (χ2n) is 6.58. The van der Waals surface area contributed by atoms with Gasteiger partial charge in [0.2, 0.25) is 5.91 Å². The zero-order valence-corrected chi connectivity index (χ0v) is 13.7. The fraction of sp³-hybridized carbons (Fsp3) is 0.588. The summed E-state index contributed by atoms with van der Waals surface area (Å²) in [5.74, 6) is 0.870. The summed E-state index contributed by atoms with van der Waals surface area (Å²) in [6, 6.07) is 10.1. The van der Waals surface area contributed by atoms with Crippen molar-refractivity contribution in [3.8, 4) is 0 Å². The lowest BCUT2D eigenvalue weighted by atomic mass is 9.80. The fourth-order valence-electron chi connectivity index (χ4n) is 1.91. The van der Waals surface area contributed by atoms with E-state index >= 15 is 0 Å². The van der Waals surface area contributed by atoms with Crippen LogP contribution in [-0.4, -0.2) is 17.8 Å². The summed E-state index contributed by atoms with van der Waals surface area (Å²) < 4.78 is 0. The predicted octanol–water partition coefficient (Wildman–Crippen LogP) is 4.03. The molecule has 112 valence electrons. The summed E-state index contributed by atoms with van der Waals surface area (Å²) in [5, 5.41) is 3.05. The molecule has 0 aliphatic carbocycles. The van der Waals surface area contributed by atoms with Crippen LogP contribution in [0.3, 0.4) is 0 Å². The number of benzene rings is 1. The molecule has 0 spiro atoms. The first-order chi connectivity index (χ1) is 9.32. The Morgan fingerprint density at radius 1 is 1.25 bits per heavy atom. The van der Waals surface area contributed by atoms with Gasteiger partial charge in [-0.2, -0.15) is 0 Å². The first-order valence-electron chi connectivity index (χ1n) is 7.22. The molecule has 0 radical (unpaired) electrons. The quantitative estimate of drug-likeness (QED) is 0.789. The molecule has 2 unspecified atom stereocenters. The van der Waals surface area contributed by atoms with Crippen molar-refractivity contribution in [1.29, 1.82) is 0 Å². The van der Waals surface area contributed by atoms with Crippen molar-refractivity contribution in [2.45, 2.75) is 46.6 Å². The lowest BCUT2D eigenvalue weighted by molar-refractivity contribution is -0.123. The minimum atomic E-state index is -0.00117. The number of carbonyl (C=O) groups is 1. The third-order valence-electron chi connectivity index (χ3n) is 3.85. The van der Waals surface area contributed by atoms with Gasteiger partial charge in [0.15, 0.2) is 0 Å². The highest BCUT2D eigenvalue weighted by Crippen LogP contribution is 2.27. The molecular formula is C17H26ClNO. The van der Waals surface area contributed by atoms with Crippen molar-refractivity contribution < 1.29 is 4.79 Å². The van der Waals surface area contributed by atoms with E-state index in [9.17, 15) is 4.79 Å². The van der Waals surface area contributed by atoms with Gasteiger partial charge in [0, 0.05) is 18.3 Å². The van der Waals surface area contributed by atoms with Crippen molar-refractivity contribution in [2.75, 3.05) is 5.88 Å². The van der Waals surface area contributed by atoms with Crippen LogP contribution >= 0.6 is 11.6 Å². The van der Waals surface area contributed by atoms with E-state index in [1.165, 1.54) is 5.56 Å². The van der Waals surface area contributed by atoms with Crippen LogP contribution in [0.4, 0.5) is 0 Å². The van der Waals surface area contributed by atoms with Crippen LogP contribution in [0.1, 0.15) is 39.7 Å². The van der Waals surface area contributed by atoms with Crippen LogP contribution < -0.4 is 5.32 Å². The number of hydrogen-bond acceptors (Lipinski definition) is 1. The average molecular weight is 296 g/mol. The van der Waals surface area contributed by atoms with Crippen LogP contribution in [0.5, 0.6) is 0 Å². The molecule has 1 rings (SSSR count). The highest BCUT2D eigenvalue weighted by molar-refractivity contribution is 6.18. The van der Waals surface area contributed by atoms with Crippen molar-refractivity contribution in [2.24, 2.45) is 11.3 Å². The second kappa shape index (κ2) is 7.68. The van der Waals surface area contributed by atoms with Crippen molar-refractivity contribution >= 4 is 17.5 Å². The Kier molecular flexibility index (Phi) is 6.54. The number of nitrogens with one attached hydrogen (secondary N) is 1. The van der Waals surface area contributed by atoms with Gasteiger partial charge in [-0.3, -0.25) is 4.79 Å². The predicted molar refractivity (Wildman–Crippen MR) is 86.0 cm³/mol. The Balaban J connectivity index is 2.50. The molecule has 0 saturated carbocycles. The smallest absolute Gasteiger partial charge is 0.220 e. The van der Waals surface area contributed by atoms with Crippen LogP contribution in [-0.2, 0) is 11.2 Å². The lowest BCUT2D eigenvalue weighted by Gasteiger charge is -2.27. The summed E-state index contributed by atoms with van der Waals surface area (Å²) in [6.45, 7) is 8.60. The van der Waals surface area contributed by atoms with E-state index < -0.39 is 0 Å². The molecule has 1 aromatic carbocycles. The Labute approximate surface area is 127 Å². The fourth-order valence-corrected chi connectivity index (χ4v) is 2.10. The molecule has 1 amide bonds. The standard InChI is InChI=1S/C17H26ClNO/c1-13(17(2,3)4)10-16(20)19-15(12-18)11-14-8-6-5-7-9-14/h5-9,13,15H,10-12H2,1-4H3,(H,19,20). The summed E-state index contributed by atoms with van der Waals surface area (Å²) in [5.41, 5.74) is 1.34. The molecule has 0 aliphatic rings. The molecule has 0 aromatic heterocycles. The molecule has 0 fully saturated rings. The molecule has 0 bridgehead atoms. The number of rotatable bonds is 6. The highest BCUT2D eigenvalue weighted by Gasteiger charge is 2.23. The van der Waals surface area contributed by atoms with Gasteiger partial charge in [-0.05, 0) is 23.3 Å². The number of alkyl halides is 1. The van der Waals surface area contributed by atoms with Gasteiger partial charge >= 0.3 is 0 Å². The maximum Gasteiger partial charge on any atom is 0.220 e. The molecular weight excluding hydrogens is 270 g/mol. The van der Waals surface area contributed by atoms with Gasteiger partial charge in [-0.25, -0.2) is 0 Å². The number of carbonyl (C=O) groups excluding carboxylic acids is 1. The van der Waals surface area contributed by atoms with Crippen LogP contribution in [0, 0.1) is 11.3 Å². The van der Waals surface area contributed by atoms with Gasteiger partial charge in [-0.15, -0.1) is 11.6 Å². The Morgan fingerprint density at radius 2 is 1.85 bits per heavy atom. The Hall–Kier alpha value is -1.02. The van der Waals surface area contributed by atoms with Gasteiger partial charge in [0.25, 0.3) is 0 Å². The summed E-state index contributed by atoms with van der Waals surface area (Å²) >= 11 is 5.97. The SMILES string of the molecule is CC(CC(=O)NC(CCl)Cc1ccccc1)C(C)(C)C. The third-order valence-corrected chi connectivity index (χ3v) is 4.22. The molecule has 20 heavy (non-hydrogen) atoms. The molecule has 2 atom stereocenters. The summed E-state index contributed by atoms with van der Waals surface area (Å²) in [7, 11) is 0. The molecule has 3 heteroatoms. The van der Waals surface area contributed by atoms with E-state index in [-0.39, 0.29) is 17.4 Å². The van der Waals surface area contributed by atoms with E-state index in [4.69, 9.17) is 11.6 Å². The van der Waals surface area contributed by atoms with Gasteiger partial charge < -0.3 is 5.32 Å². The zero-order valence-electron chi connectivity index (χ0n) is 12.9. The van der Waals surface area contributed by atoms with E-state index in [1.807, 2.05) is 18.2 Å². The first kappa shape index (κ1) is 17.0. The third kappa shape index (κ3) is 5.96. The maximum atomic E-state index is 12.1. The molecule has 0 aliphatic heterocycles. The number of halogens is 1. The van der Waals surface area contributed by atoms with E-state index in [0.717, 1.165) is 6.42 Å². The number of amides is 1. The van der Waals surface area contributed by atoms with E-state index in [1.54, 1.807) is 0 Å². The Bertz CT molecular complexity index is 411. The minimum absolute atomic E-state index is 0.00117. The molecule has 0 heterocycles. The van der Waals surface area contributed by atoms with Gasteiger partial charge in [0.05, 0.1) is 0 Å². The maximum absolute atomic E-state index is 12.1. The molecule has 1 aromatic rings. The highest BCUT2D eigenvalue weighted by atomic mass is 35.5. The van der Waals surface area contributed by atoms with Gasteiger partial charge in [-0.1, -0.05) is 58.0 Å². The molecule has 2 nitrogen and oxygen atoms in total. The van der Waals surface area contributed by atoms with Crippen molar-refractivity contribution in [3.05, 3.63) is 35.9 Å². The van der Waals surface area contributed by atoms with Crippen LogP contribution in [0.15, 0.2) is 30.3 Å². The van der Waals surface area contributed by atoms with Crippen LogP contribution in [0.25, 0.3) is 0 Å². The van der Waals surface area contributed by atoms with E-state index in [0.29, 0.717) is 18.2 Å². The lowest BCUT2D eigenvalue weighted by Crippen LogP contribution is -2.39. The monoisotopic (exact) mass is 295 g/mol. The van der Waals surface area contributed by atoms with Gasteiger partial charge in [0.1, 0.15) is 0 Å². The molecule has 1 N–H and O–H groups in total. The second-order valence-corrected chi connectivity index (χ2v) is 6.89.